The molecule has 1 fully saturated rings. The zero-order chi connectivity index (χ0) is 18.7. The molecule has 1 saturated carbocycles. The first kappa shape index (κ1) is 21.6. The molecule has 0 heterocycles. The van der Waals surface area contributed by atoms with E-state index in [4.69, 9.17) is 5.11 Å². The minimum atomic E-state index is -0.800. The maximum absolute atomic E-state index is 12.1. The number of carboxylic acids is 1. The summed E-state index contributed by atoms with van der Waals surface area (Å²) in [6, 6.07) is 0. The van der Waals surface area contributed by atoms with Gasteiger partial charge in [-0.15, -0.1) is 0 Å². The maximum atomic E-state index is 12.1. The van der Waals surface area contributed by atoms with Gasteiger partial charge in [0.1, 0.15) is 11.6 Å². The van der Waals surface area contributed by atoms with Crippen molar-refractivity contribution in [3.8, 4) is 0 Å². The van der Waals surface area contributed by atoms with E-state index in [2.05, 4.69) is 6.92 Å². The Bertz CT molecular complexity index is 469. The van der Waals surface area contributed by atoms with Gasteiger partial charge in [0.25, 0.3) is 0 Å². The number of aliphatic carboxylic acids is 1. The van der Waals surface area contributed by atoms with Crippen LogP contribution in [0.25, 0.3) is 0 Å². The molecule has 25 heavy (non-hydrogen) atoms. The summed E-state index contributed by atoms with van der Waals surface area (Å²) in [5.41, 5.74) is 0. The van der Waals surface area contributed by atoms with E-state index in [1.165, 1.54) is 0 Å². The molecule has 3 atom stereocenters. The van der Waals surface area contributed by atoms with Gasteiger partial charge in [-0.2, -0.15) is 0 Å². The highest BCUT2D eigenvalue weighted by Crippen LogP contribution is 2.35. The number of aliphatic hydroxyl groups is 1. The van der Waals surface area contributed by atoms with Gasteiger partial charge in [-0.1, -0.05) is 31.9 Å². The van der Waals surface area contributed by atoms with Crippen LogP contribution in [-0.2, 0) is 14.4 Å². The Hall–Kier alpha value is -1.49. The molecule has 0 amide bonds. The minimum Gasteiger partial charge on any atom is -0.481 e. The third kappa shape index (κ3) is 8.43. The van der Waals surface area contributed by atoms with Crippen LogP contribution in [0.3, 0.4) is 0 Å². The van der Waals surface area contributed by atoms with E-state index in [0.717, 1.165) is 19.3 Å². The number of ketones is 2. The first-order chi connectivity index (χ1) is 12.0. The fourth-order valence-corrected chi connectivity index (χ4v) is 3.47. The molecule has 0 saturated heterocycles. The average molecular weight is 352 g/mol. The number of allylic oxidation sites excluding steroid dienone is 2. The summed E-state index contributed by atoms with van der Waals surface area (Å²) in [5.74, 6) is -0.847. The molecule has 0 unspecified atom stereocenters. The largest absolute Gasteiger partial charge is 0.481 e. The smallest absolute Gasteiger partial charge is 0.303 e. The molecule has 1 rings (SSSR count). The predicted octanol–water partition coefficient (Wildman–Crippen LogP) is 3.68. The molecule has 5 nitrogen and oxygen atoms in total. The third-order valence-corrected chi connectivity index (χ3v) is 4.97. The van der Waals surface area contributed by atoms with E-state index < -0.39 is 12.1 Å². The Morgan fingerprint density at radius 1 is 1.12 bits per heavy atom. The average Bonchev–Trinajstić information content (AvgIpc) is 2.82. The number of carbonyl (C=O) groups is 3. The number of aliphatic hydroxyl groups excluding tert-OH is 1. The molecular weight excluding hydrogens is 320 g/mol. The highest BCUT2D eigenvalue weighted by Gasteiger charge is 2.40. The summed E-state index contributed by atoms with van der Waals surface area (Å²) in [6.45, 7) is 2.10. The molecule has 142 valence electrons. The van der Waals surface area contributed by atoms with Crippen molar-refractivity contribution in [2.45, 2.75) is 83.7 Å². The molecule has 0 aliphatic heterocycles. The third-order valence-electron chi connectivity index (χ3n) is 4.97. The number of carbonyl (C=O) groups excluding carboxylic acids is 2. The van der Waals surface area contributed by atoms with Crippen molar-refractivity contribution < 1.29 is 24.6 Å². The van der Waals surface area contributed by atoms with Crippen molar-refractivity contribution in [2.24, 2.45) is 11.8 Å². The van der Waals surface area contributed by atoms with Crippen molar-refractivity contribution >= 4 is 17.5 Å². The normalized spacial score (nSPS) is 23.4. The van der Waals surface area contributed by atoms with Crippen LogP contribution in [0.1, 0.15) is 77.6 Å². The van der Waals surface area contributed by atoms with Crippen molar-refractivity contribution in [1.82, 2.24) is 0 Å². The number of hydrogen-bond acceptors (Lipinski definition) is 4. The zero-order valence-corrected chi connectivity index (χ0v) is 15.3. The van der Waals surface area contributed by atoms with Crippen LogP contribution >= 0.6 is 0 Å². The molecule has 2 N–H and O–H groups in total. The summed E-state index contributed by atoms with van der Waals surface area (Å²) in [4.78, 5) is 34.5. The lowest BCUT2D eigenvalue weighted by Crippen LogP contribution is -2.21. The number of hydrogen-bond donors (Lipinski definition) is 2. The quantitative estimate of drug-likeness (QED) is 0.390. The Kier molecular flexibility index (Phi) is 10.3. The summed E-state index contributed by atoms with van der Waals surface area (Å²) in [5, 5.41) is 18.7. The standard InChI is InChI=1S/C20H32O5/c1-2-3-6-9-15(21)12-13-17-16(18(22)14-19(17)23)10-7-4-5-8-11-20(24)25/h4,7,16-17,19,23H,2-3,5-6,8-14H2,1H3,(H,24,25)/b7-4-/t16-,17-,19+/m1/s1. The summed E-state index contributed by atoms with van der Waals surface area (Å²) < 4.78 is 0. The maximum Gasteiger partial charge on any atom is 0.303 e. The molecule has 5 heteroatoms. The predicted molar refractivity (Wildman–Crippen MR) is 96.2 cm³/mol. The molecule has 0 aromatic heterocycles. The zero-order valence-electron chi connectivity index (χ0n) is 15.3. The molecule has 0 radical (unpaired) electrons. The van der Waals surface area contributed by atoms with Crippen LogP contribution < -0.4 is 0 Å². The first-order valence-corrected chi connectivity index (χ1v) is 9.55. The van der Waals surface area contributed by atoms with Gasteiger partial charge in [0.2, 0.25) is 0 Å². The van der Waals surface area contributed by atoms with Gasteiger partial charge >= 0.3 is 5.97 Å². The first-order valence-electron chi connectivity index (χ1n) is 9.55. The van der Waals surface area contributed by atoms with Crippen LogP contribution in [0.5, 0.6) is 0 Å². The minimum absolute atomic E-state index is 0.0751. The second kappa shape index (κ2) is 12.0. The fraction of sp³-hybridized carbons (Fsp3) is 0.750. The SMILES string of the molecule is CCCCCC(=O)CC[C@H]1[C@@H](O)CC(=O)[C@@H]1C/C=C\CCCC(=O)O. The van der Waals surface area contributed by atoms with Gasteiger partial charge in [-0.25, -0.2) is 0 Å². The Morgan fingerprint density at radius 3 is 2.56 bits per heavy atom. The van der Waals surface area contributed by atoms with Crippen molar-refractivity contribution in [3.63, 3.8) is 0 Å². The van der Waals surface area contributed by atoms with Gasteiger partial charge in [0.15, 0.2) is 0 Å². The van der Waals surface area contributed by atoms with Crippen molar-refractivity contribution in [1.29, 1.82) is 0 Å². The lowest BCUT2D eigenvalue weighted by Gasteiger charge is -2.19. The van der Waals surface area contributed by atoms with Gasteiger partial charge in [-0.3, -0.25) is 14.4 Å². The Labute approximate surface area is 150 Å². The molecule has 0 aromatic rings. The monoisotopic (exact) mass is 352 g/mol. The van der Waals surface area contributed by atoms with E-state index in [-0.39, 0.29) is 36.2 Å². The van der Waals surface area contributed by atoms with Gasteiger partial charge in [0, 0.05) is 31.6 Å². The number of carboxylic acid groups (broad SMARTS) is 1. The number of unbranched alkanes of at least 4 members (excludes halogenated alkanes) is 3. The molecular formula is C20H32O5. The van der Waals surface area contributed by atoms with Gasteiger partial charge < -0.3 is 10.2 Å². The number of rotatable bonds is 13. The highest BCUT2D eigenvalue weighted by molar-refractivity contribution is 5.84. The van der Waals surface area contributed by atoms with Crippen molar-refractivity contribution in [3.05, 3.63) is 12.2 Å². The Balaban J connectivity index is 2.39. The summed E-state index contributed by atoms with van der Waals surface area (Å²) in [7, 11) is 0. The summed E-state index contributed by atoms with van der Waals surface area (Å²) >= 11 is 0. The van der Waals surface area contributed by atoms with E-state index in [0.29, 0.717) is 38.5 Å². The van der Waals surface area contributed by atoms with Gasteiger partial charge in [-0.05, 0) is 38.0 Å². The second-order valence-corrected chi connectivity index (χ2v) is 7.04. The van der Waals surface area contributed by atoms with Gasteiger partial charge in [0.05, 0.1) is 6.10 Å². The van der Waals surface area contributed by atoms with Crippen LogP contribution in [0.2, 0.25) is 0 Å². The lowest BCUT2D eigenvalue weighted by molar-refractivity contribution is -0.137. The molecule has 0 spiro atoms. The van der Waals surface area contributed by atoms with E-state index in [1.54, 1.807) is 0 Å². The van der Waals surface area contributed by atoms with Crippen LogP contribution in [0, 0.1) is 11.8 Å². The lowest BCUT2D eigenvalue weighted by atomic mass is 9.86. The molecule has 0 aromatic carbocycles. The Morgan fingerprint density at radius 2 is 1.88 bits per heavy atom. The molecule has 1 aliphatic carbocycles. The van der Waals surface area contributed by atoms with E-state index in [9.17, 15) is 19.5 Å². The van der Waals surface area contributed by atoms with Crippen LogP contribution in [0.4, 0.5) is 0 Å². The van der Waals surface area contributed by atoms with E-state index >= 15 is 0 Å². The topological polar surface area (TPSA) is 91.7 Å². The van der Waals surface area contributed by atoms with Crippen LogP contribution in [0.15, 0.2) is 12.2 Å². The van der Waals surface area contributed by atoms with Crippen molar-refractivity contribution in [2.75, 3.05) is 0 Å². The van der Waals surface area contributed by atoms with E-state index in [1.807, 2.05) is 12.2 Å². The fourth-order valence-electron chi connectivity index (χ4n) is 3.47. The number of Topliss-reactive ketones (excluding diaryl/α,β-unsaturated/α-hetero) is 2. The second-order valence-electron chi connectivity index (χ2n) is 7.04. The van der Waals surface area contributed by atoms with Crippen LogP contribution in [-0.4, -0.2) is 33.9 Å². The summed E-state index contributed by atoms with van der Waals surface area (Å²) in [6.07, 6.45) is 10.0. The highest BCUT2D eigenvalue weighted by atomic mass is 16.4. The molecule has 1 aliphatic rings. The molecule has 0 bridgehead atoms.